The van der Waals surface area contributed by atoms with Crippen molar-refractivity contribution in [2.45, 2.75) is 24.5 Å². The highest BCUT2D eigenvalue weighted by Gasteiger charge is 2.27. The Morgan fingerprint density at radius 1 is 1.06 bits per heavy atom. The van der Waals surface area contributed by atoms with Crippen LogP contribution in [-0.4, -0.2) is 53.1 Å². The number of carbonyl (C=O) groups excluding carboxylic acids is 1. The van der Waals surface area contributed by atoms with Gasteiger partial charge in [-0.15, -0.1) is 0 Å². The van der Waals surface area contributed by atoms with Crippen molar-refractivity contribution in [2.24, 2.45) is 0 Å². The van der Waals surface area contributed by atoms with Gasteiger partial charge in [0.2, 0.25) is 0 Å². The molecule has 7 nitrogen and oxygen atoms in total. The van der Waals surface area contributed by atoms with Crippen molar-refractivity contribution in [2.75, 3.05) is 33.9 Å². The minimum absolute atomic E-state index is 0.0758. The van der Waals surface area contributed by atoms with E-state index in [0.717, 1.165) is 19.6 Å². The van der Waals surface area contributed by atoms with E-state index in [0.29, 0.717) is 22.3 Å². The van der Waals surface area contributed by atoms with Crippen LogP contribution in [0.3, 0.4) is 0 Å². The van der Waals surface area contributed by atoms with Crippen molar-refractivity contribution < 1.29 is 27.1 Å². The standard InChI is InChI=1S/C27H31NO6S/c1-5-28(6-2)16-9-11-20-10-7-8-12-24(20)35(30,31)19-22-13-14-23(21-15-17-34-18-21)26(32-3)25(22)27(29)33-4/h7-15,17-18H,5-6,16,19H2,1-4H3/b11-9-. The molecule has 3 aromatic rings. The van der Waals surface area contributed by atoms with E-state index < -0.39 is 15.8 Å². The smallest absolute Gasteiger partial charge is 0.341 e. The number of furan rings is 1. The van der Waals surface area contributed by atoms with Gasteiger partial charge in [-0.1, -0.05) is 56.3 Å². The van der Waals surface area contributed by atoms with Gasteiger partial charge >= 0.3 is 5.97 Å². The summed E-state index contributed by atoms with van der Waals surface area (Å²) in [5.41, 5.74) is 2.27. The highest BCUT2D eigenvalue weighted by atomic mass is 32.2. The molecule has 0 saturated heterocycles. The Labute approximate surface area is 206 Å². The zero-order valence-corrected chi connectivity index (χ0v) is 21.3. The summed E-state index contributed by atoms with van der Waals surface area (Å²) in [5.74, 6) is -0.830. The molecule has 2 aromatic carbocycles. The summed E-state index contributed by atoms with van der Waals surface area (Å²) in [6.07, 6.45) is 6.82. The molecule has 0 unspecified atom stereocenters. The zero-order valence-electron chi connectivity index (χ0n) is 20.5. The molecule has 1 heterocycles. The summed E-state index contributed by atoms with van der Waals surface area (Å²) in [6.45, 7) is 6.71. The first-order valence-corrected chi connectivity index (χ1v) is 13.0. The van der Waals surface area contributed by atoms with E-state index >= 15 is 0 Å². The van der Waals surface area contributed by atoms with E-state index in [2.05, 4.69) is 18.7 Å². The Balaban J connectivity index is 2.03. The van der Waals surface area contributed by atoms with Gasteiger partial charge in [0.25, 0.3) is 0 Å². The molecule has 0 radical (unpaired) electrons. The molecule has 35 heavy (non-hydrogen) atoms. The summed E-state index contributed by atoms with van der Waals surface area (Å²) < 4.78 is 42.8. The molecule has 186 valence electrons. The van der Waals surface area contributed by atoms with Crippen LogP contribution in [0, 0.1) is 0 Å². The van der Waals surface area contributed by atoms with Crippen molar-refractivity contribution in [1.82, 2.24) is 4.90 Å². The van der Waals surface area contributed by atoms with Gasteiger partial charge in [-0.3, -0.25) is 0 Å². The third-order valence-corrected chi connectivity index (χ3v) is 7.56. The summed E-state index contributed by atoms with van der Waals surface area (Å²) in [6, 6.07) is 11.9. The molecule has 0 aliphatic carbocycles. The van der Waals surface area contributed by atoms with Gasteiger partial charge in [0.1, 0.15) is 11.3 Å². The number of sulfone groups is 1. The largest absolute Gasteiger partial charge is 0.495 e. The predicted octanol–water partition coefficient (Wildman–Crippen LogP) is 5.07. The van der Waals surface area contributed by atoms with Gasteiger partial charge in [-0.25, -0.2) is 13.2 Å². The number of benzene rings is 2. The van der Waals surface area contributed by atoms with Crippen LogP contribution in [0.2, 0.25) is 0 Å². The minimum Gasteiger partial charge on any atom is -0.495 e. The molecule has 0 fully saturated rings. The second-order valence-corrected chi connectivity index (χ2v) is 9.83. The van der Waals surface area contributed by atoms with Crippen LogP contribution in [0.25, 0.3) is 17.2 Å². The number of likely N-dealkylation sites (N-methyl/N-ethyl adjacent to an activating group) is 1. The first-order chi connectivity index (χ1) is 16.9. The minimum atomic E-state index is -3.81. The molecule has 0 bridgehead atoms. The zero-order chi connectivity index (χ0) is 25.4. The van der Waals surface area contributed by atoms with Crippen LogP contribution in [0.5, 0.6) is 5.75 Å². The summed E-state index contributed by atoms with van der Waals surface area (Å²) in [4.78, 5) is 15.2. The second kappa shape index (κ2) is 11.9. The van der Waals surface area contributed by atoms with Crippen LogP contribution in [0.4, 0.5) is 0 Å². The Bertz CT molecular complexity index is 1280. The van der Waals surface area contributed by atoms with E-state index in [1.807, 2.05) is 12.2 Å². The molecule has 0 aliphatic heterocycles. The first kappa shape index (κ1) is 26.2. The van der Waals surface area contributed by atoms with E-state index in [1.165, 1.54) is 26.7 Å². The topological polar surface area (TPSA) is 86.0 Å². The van der Waals surface area contributed by atoms with Crippen molar-refractivity contribution in [3.05, 3.63) is 77.8 Å². The van der Waals surface area contributed by atoms with Gasteiger partial charge in [0.05, 0.1) is 37.4 Å². The molecular formula is C27H31NO6S. The molecule has 0 amide bonds. The van der Waals surface area contributed by atoms with Gasteiger partial charge in [-0.05, 0) is 36.3 Å². The molecule has 0 saturated carbocycles. The third kappa shape index (κ3) is 6.01. The van der Waals surface area contributed by atoms with Gasteiger partial charge < -0.3 is 18.8 Å². The number of rotatable bonds is 11. The van der Waals surface area contributed by atoms with Crippen molar-refractivity contribution in [3.63, 3.8) is 0 Å². The molecule has 8 heteroatoms. The number of esters is 1. The average molecular weight is 498 g/mol. The quantitative estimate of drug-likeness (QED) is 0.342. The van der Waals surface area contributed by atoms with E-state index in [-0.39, 0.29) is 22.0 Å². The molecule has 0 aliphatic rings. The fraction of sp³-hybridized carbons (Fsp3) is 0.296. The average Bonchev–Trinajstić information content (AvgIpc) is 3.40. The van der Waals surface area contributed by atoms with Crippen molar-refractivity contribution >= 4 is 21.9 Å². The first-order valence-electron chi connectivity index (χ1n) is 11.4. The number of ether oxygens (including phenoxy) is 2. The lowest BCUT2D eigenvalue weighted by Gasteiger charge is -2.17. The number of carbonyl (C=O) groups is 1. The maximum absolute atomic E-state index is 13.6. The van der Waals surface area contributed by atoms with Gasteiger partial charge in [-0.2, -0.15) is 0 Å². The summed E-state index contributed by atoms with van der Waals surface area (Å²) >= 11 is 0. The van der Waals surface area contributed by atoms with Crippen LogP contribution in [-0.2, 0) is 20.3 Å². The van der Waals surface area contributed by atoms with Crippen molar-refractivity contribution in [3.8, 4) is 16.9 Å². The predicted molar refractivity (Wildman–Crippen MR) is 136 cm³/mol. The van der Waals surface area contributed by atoms with Crippen molar-refractivity contribution in [1.29, 1.82) is 0 Å². The monoisotopic (exact) mass is 497 g/mol. The Kier molecular flexibility index (Phi) is 8.89. The fourth-order valence-corrected chi connectivity index (χ4v) is 5.51. The summed E-state index contributed by atoms with van der Waals surface area (Å²) in [7, 11) is -1.13. The van der Waals surface area contributed by atoms with E-state index in [4.69, 9.17) is 13.9 Å². The molecule has 1 aromatic heterocycles. The molecule has 0 spiro atoms. The maximum Gasteiger partial charge on any atom is 0.341 e. The Hall–Kier alpha value is -3.36. The lowest BCUT2D eigenvalue weighted by molar-refractivity contribution is 0.0596. The fourth-order valence-electron chi connectivity index (χ4n) is 3.92. The van der Waals surface area contributed by atoms with Crippen LogP contribution in [0.1, 0.15) is 35.3 Å². The molecule has 0 N–H and O–H groups in total. The highest BCUT2D eigenvalue weighted by molar-refractivity contribution is 7.90. The number of methoxy groups -OCH3 is 2. The van der Waals surface area contributed by atoms with E-state index in [1.54, 1.807) is 42.5 Å². The highest BCUT2D eigenvalue weighted by Crippen LogP contribution is 2.37. The van der Waals surface area contributed by atoms with Crippen LogP contribution in [0.15, 0.2) is 70.4 Å². The Morgan fingerprint density at radius 2 is 1.80 bits per heavy atom. The number of nitrogens with zero attached hydrogens (tertiary/aromatic N) is 1. The Morgan fingerprint density at radius 3 is 2.43 bits per heavy atom. The number of hydrogen-bond acceptors (Lipinski definition) is 7. The SMILES string of the molecule is CCN(CC)C/C=C\c1ccccc1S(=O)(=O)Cc1ccc(-c2ccoc2)c(OC)c1C(=O)OC. The second-order valence-electron chi connectivity index (χ2n) is 7.87. The third-order valence-electron chi connectivity index (χ3n) is 5.82. The molecule has 3 rings (SSSR count). The normalized spacial score (nSPS) is 11.8. The van der Waals surface area contributed by atoms with Gasteiger partial charge in [0, 0.05) is 17.7 Å². The van der Waals surface area contributed by atoms with E-state index in [9.17, 15) is 13.2 Å². The van der Waals surface area contributed by atoms with Crippen LogP contribution >= 0.6 is 0 Å². The molecular weight excluding hydrogens is 466 g/mol. The lowest BCUT2D eigenvalue weighted by Crippen LogP contribution is -2.22. The van der Waals surface area contributed by atoms with Crippen LogP contribution < -0.4 is 4.74 Å². The molecule has 0 atom stereocenters. The number of hydrogen-bond donors (Lipinski definition) is 0. The lowest BCUT2D eigenvalue weighted by atomic mass is 9.99. The van der Waals surface area contributed by atoms with Gasteiger partial charge in [0.15, 0.2) is 9.84 Å². The summed E-state index contributed by atoms with van der Waals surface area (Å²) in [5, 5.41) is 0. The maximum atomic E-state index is 13.6.